The number of ether oxygens (including phenoxy) is 1. The van der Waals surface area contributed by atoms with Crippen molar-refractivity contribution >= 4 is 24.0 Å². The van der Waals surface area contributed by atoms with Gasteiger partial charge in [-0.1, -0.05) is 42.3 Å². The first-order valence-corrected chi connectivity index (χ1v) is 9.07. The smallest absolute Gasteiger partial charge is 0.451 e. The van der Waals surface area contributed by atoms with Gasteiger partial charge in [-0.25, -0.2) is 14.4 Å². The minimum atomic E-state index is -1.16. The van der Waals surface area contributed by atoms with Gasteiger partial charge in [0, 0.05) is 13.5 Å². The number of benzene rings is 1. The number of carboxylic acid groups (broad SMARTS) is 1. The van der Waals surface area contributed by atoms with Crippen LogP contribution in [0.3, 0.4) is 0 Å². The van der Waals surface area contributed by atoms with Crippen LogP contribution in [0.5, 0.6) is 0 Å². The highest BCUT2D eigenvalue weighted by atomic mass is 16.8. The van der Waals surface area contributed by atoms with Crippen molar-refractivity contribution in [1.82, 2.24) is 9.96 Å². The molecule has 9 nitrogen and oxygen atoms in total. The van der Waals surface area contributed by atoms with Crippen LogP contribution in [0.25, 0.3) is 0 Å². The summed E-state index contributed by atoms with van der Waals surface area (Å²) in [7, 11) is 1.33. The zero-order valence-corrected chi connectivity index (χ0v) is 16.4. The average Bonchev–Trinajstić information content (AvgIpc) is 2.66. The largest absolute Gasteiger partial charge is 0.480 e. The molecule has 154 valence electrons. The van der Waals surface area contributed by atoms with E-state index in [0.29, 0.717) is 17.9 Å². The van der Waals surface area contributed by atoms with Crippen LogP contribution in [-0.2, 0) is 25.6 Å². The number of likely N-dealkylation sites (N-methyl/N-ethyl adjacent to an activating group) is 1. The summed E-state index contributed by atoms with van der Waals surface area (Å²) in [4.78, 5) is 41.6. The summed E-state index contributed by atoms with van der Waals surface area (Å²) in [6, 6.07) is 8.54. The summed E-state index contributed by atoms with van der Waals surface area (Å²) in [5.74, 6) is -2.47. The molecule has 9 heteroatoms. The molecule has 1 aromatic carbocycles. The van der Waals surface area contributed by atoms with Crippen LogP contribution >= 0.6 is 0 Å². The van der Waals surface area contributed by atoms with Gasteiger partial charge in [-0.05, 0) is 31.7 Å². The third-order valence-corrected chi connectivity index (χ3v) is 3.98. The fourth-order valence-electron chi connectivity index (χ4n) is 2.48. The number of hydrogen-bond acceptors (Lipinski definition) is 6. The molecule has 1 unspecified atom stereocenters. The molecular weight excluding hydrogens is 366 g/mol. The monoisotopic (exact) mass is 393 g/mol. The van der Waals surface area contributed by atoms with Gasteiger partial charge in [0.05, 0.1) is 6.61 Å². The number of carboxylic acids is 1. The van der Waals surface area contributed by atoms with E-state index in [1.54, 1.807) is 13.8 Å². The van der Waals surface area contributed by atoms with E-state index in [4.69, 9.17) is 15.0 Å². The average molecular weight is 393 g/mol. The van der Waals surface area contributed by atoms with Gasteiger partial charge >= 0.3 is 18.0 Å². The zero-order chi connectivity index (χ0) is 21.1. The maximum absolute atomic E-state index is 12.1. The minimum absolute atomic E-state index is 0.00796. The summed E-state index contributed by atoms with van der Waals surface area (Å²) in [6.45, 7) is 3.21. The van der Waals surface area contributed by atoms with E-state index in [2.05, 4.69) is 0 Å². The predicted molar refractivity (Wildman–Crippen MR) is 102 cm³/mol. The minimum Gasteiger partial charge on any atom is -0.480 e. The fourth-order valence-corrected chi connectivity index (χ4v) is 2.48. The van der Waals surface area contributed by atoms with Crippen LogP contribution in [-0.4, -0.2) is 58.8 Å². The zero-order valence-electron chi connectivity index (χ0n) is 16.4. The van der Waals surface area contributed by atoms with Crippen LogP contribution < -0.4 is 0 Å². The first-order valence-electron chi connectivity index (χ1n) is 9.07. The molecule has 0 aromatic heterocycles. The molecule has 0 radical (unpaired) electrons. The molecule has 0 fully saturated rings. The van der Waals surface area contributed by atoms with E-state index in [1.807, 2.05) is 30.3 Å². The standard InChI is InChI=1S/C19H27N3O6/c1-4-15(17(24)25)21(3)18(20)22(19(26)27-5-2)28-16(23)13-9-12-14-10-7-6-8-11-14/h6-8,10-11,15,20H,4-5,9,12-13H2,1-3H3,(H,24,25). The molecule has 0 aliphatic carbocycles. The highest BCUT2D eigenvalue weighted by molar-refractivity contribution is 5.94. The van der Waals surface area contributed by atoms with Crippen LogP contribution in [0.2, 0.25) is 0 Å². The Morgan fingerprint density at radius 3 is 2.36 bits per heavy atom. The molecule has 0 bridgehead atoms. The predicted octanol–water partition coefficient (Wildman–Crippen LogP) is 2.66. The first kappa shape index (κ1) is 22.9. The second-order valence-corrected chi connectivity index (χ2v) is 5.99. The Labute approximate surface area is 164 Å². The molecule has 1 amide bonds. The number of guanidine groups is 1. The van der Waals surface area contributed by atoms with Crippen molar-refractivity contribution in [2.24, 2.45) is 0 Å². The molecule has 1 atom stereocenters. The summed E-state index contributed by atoms with van der Waals surface area (Å²) in [5, 5.41) is 17.7. The lowest BCUT2D eigenvalue weighted by Crippen LogP contribution is -2.51. The lowest BCUT2D eigenvalue weighted by molar-refractivity contribution is -0.169. The number of aliphatic carboxylic acids is 1. The number of carbonyl (C=O) groups excluding carboxylic acids is 2. The van der Waals surface area contributed by atoms with Gasteiger partial charge < -0.3 is 19.6 Å². The molecule has 0 saturated carbocycles. The summed E-state index contributed by atoms with van der Waals surface area (Å²) < 4.78 is 4.82. The van der Waals surface area contributed by atoms with E-state index in [9.17, 15) is 19.5 Å². The highest BCUT2D eigenvalue weighted by Crippen LogP contribution is 2.10. The van der Waals surface area contributed by atoms with Gasteiger partial charge in [-0.3, -0.25) is 5.41 Å². The maximum atomic E-state index is 12.1. The van der Waals surface area contributed by atoms with Crippen LogP contribution in [0.1, 0.15) is 38.7 Å². The first-order chi connectivity index (χ1) is 13.3. The molecule has 0 heterocycles. The number of hydroxylamine groups is 2. The summed E-state index contributed by atoms with van der Waals surface area (Å²) in [5.41, 5.74) is 1.07. The molecule has 0 spiro atoms. The second-order valence-electron chi connectivity index (χ2n) is 5.99. The maximum Gasteiger partial charge on any atom is 0.451 e. The second kappa shape index (κ2) is 11.6. The molecule has 2 N–H and O–H groups in total. The van der Waals surface area contributed by atoms with Crippen molar-refractivity contribution in [2.45, 2.75) is 45.6 Å². The SMILES string of the molecule is CCOC(=O)N(OC(=O)CCCc1ccccc1)C(=N)N(C)C(CC)C(=O)O. The molecule has 28 heavy (non-hydrogen) atoms. The number of nitrogens with zero attached hydrogens (tertiary/aromatic N) is 2. The van der Waals surface area contributed by atoms with Gasteiger partial charge in [-0.15, -0.1) is 0 Å². The molecule has 0 saturated heterocycles. The number of carbonyl (C=O) groups is 3. The van der Waals surface area contributed by atoms with Gasteiger partial charge in [0.1, 0.15) is 6.04 Å². The van der Waals surface area contributed by atoms with Gasteiger partial charge in [0.2, 0.25) is 5.96 Å². The molecular formula is C19H27N3O6. The van der Waals surface area contributed by atoms with E-state index >= 15 is 0 Å². The Morgan fingerprint density at radius 1 is 1.18 bits per heavy atom. The quantitative estimate of drug-likeness (QED) is 0.396. The number of amides is 1. The Bertz CT molecular complexity index is 680. The fraction of sp³-hybridized carbons (Fsp3) is 0.474. The van der Waals surface area contributed by atoms with Crippen LogP contribution in [0.15, 0.2) is 30.3 Å². The number of hydrogen-bond donors (Lipinski definition) is 2. The molecule has 0 aliphatic heterocycles. The summed E-state index contributed by atoms with van der Waals surface area (Å²) in [6.07, 6.45) is 0.309. The van der Waals surface area contributed by atoms with Crippen molar-refractivity contribution in [3.8, 4) is 0 Å². The normalized spacial score (nSPS) is 11.2. The van der Waals surface area contributed by atoms with Gasteiger partial charge in [-0.2, -0.15) is 0 Å². The Kier molecular flexibility index (Phi) is 9.49. The lowest BCUT2D eigenvalue weighted by atomic mass is 10.1. The van der Waals surface area contributed by atoms with Crippen LogP contribution in [0.4, 0.5) is 4.79 Å². The number of aryl methyl sites for hydroxylation is 1. The lowest BCUT2D eigenvalue weighted by Gasteiger charge is -2.30. The Hall–Kier alpha value is -3.10. The van der Waals surface area contributed by atoms with E-state index in [-0.39, 0.29) is 19.4 Å². The van der Waals surface area contributed by atoms with Crippen molar-refractivity contribution < 1.29 is 29.1 Å². The Balaban J connectivity index is 2.75. The third kappa shape index (κ3) is 6.90. The number of nitrogens with one attached hydrogen (secondary N) is 1. The van der Waals surface area contributed by atoms with Gasteiger partial charge in [0.25, 0.3) is 0 Å². The third-order valence-electron chi connectivity index (χ3n) is 3.98. The van der Waals surface area contributed by atoms with Crippen LogP contribution in [0, 0.1) is 5.41 Å². The topological polar surface area (TPSA) is 120 Å². The molecule has 1 aromatic rings. The molecule has 0 aliphatic rings. The van der Waals surface area contributed by atoms with Crippen molar-refractivity contribution in [3.63, 3.8) is 0 Å². The van der Waals surface area contributed by atoms with Crippen molar-refractivity contribution in [2.75, 3.05) is 13.7 Å². The molecule has 1 rings (SSSR count). The van der Waals surface area contributed by atoms with Crippen molar-refractivity contribution in [3.05, 3.63) is 35.9 Å². The number of rotatable bonds is 8. The van der Waals surface area contributed by atoms with E-state index < -0.39 is 30.0 Å². The Morgan fingerprint density at radius 2 is 1.82 bits per heavy atom. The van der Waals surface area contributed by atoms with Crippen molar-refractivity contribution in [1.29, 1.82) is 5.41 Å². The van der Waals surface area contributed by atoms with Gasteiger partial charge in [0.15, 0.2) is 0 Å². The van der Waals surface area contributed by atoms with E-state index in [0.717, 1.165) is 10.5 Å². The highest BCUT2D eigenvalue weighted by Gasteiger charge is 2.32. The van der Waals surface area contributed by atoms with E-state index in [1.165, 1.54) is 7.05 Å². The summed E-state index contributed by atoms with van der Waals surface area (Å²) >= 11 is 0.